The van der Waals surface area contributed by atoms with Crippen LogP contribution in [-0.2, 0) is 25.8 Å². The average molecular weight is 617 g/mol. The molecule has 3 N–H and O–H groups in total. The summed E-state index contributed by atoms with van der Waals surface area (Å²) in [5.74, 6) is -2.09. The highest BCUT2D eigenvalue weighted by molar-refractivity contribution is 9.12. The SMILES string of the molecule is O=C(Nc1ccc(C[C@H](NC2=C(Br)C(=O)C23CCS(=O)(=O)CC3)C(=O)O)cc1)c1c(Cl)cncc1Cl. The first-order chi connectivity index (χ1) is 16.9. The van der Waals surface area contributed by atoms with E-state index >= 15 is 0 Å². The van der Waals surface area contributed by atoms with Crippen LogP contribution in [0, 0.1) is 5.41 Å². The number of Topliss-reactive ketones (excluding diaryl/α,β-unsaturated/α-hetero) is 1. The van der Waals surface area contributed by atoms with Crippen molar-refractivity contribution in [2.24, 2.45) is 5.41 Å². The lowest BCUT2D eigenvalue weighted by Crippen LogP contribution is -2.55. The normalized spacial score (nSPS) is 18.9. The Labute approximate surface area is 225 Å². The Morgan fingerprint density at radius 1 is 1.11 bits per heavy atom. The number of carbonyl (C=O) groups is 3. The van der Waals surface area contributed by atoms with E-state index in [9.17, 15) is 27.9 Å². The summed E-state index contributed by atoms with van der Waals surface area (Å²) in [6, 6.07) is 5.50. The molecule has 2 aliphatic rings. The number of nitrogens with one attached hydrogen (secondary N) is 2. The fraction of sp³-hybridized carbons (Fsp3) is 0.304. The summed E-state index contributed by atoms with van der Waals surface area (Å²) in [7, 11) is -3.21. The van der Waals surface area contributed by atoms with Gasteiger partial charge >= 0.3 is 5.97 Å². The van der Waals surface area contributed by atoms with Crippen LogP contribution in [-0.4, -0.2) is 53.7 Å². The van der Waals surface area contributed by atoms with Crippen molar-refractivity contribution in [1.82, 2.24) is 10.3 Å². The molecule has 1 aromatic heterocycles. The van der Waals surface area contributed by atoms with E-state index < -0.39 is 33.2 Å². The molecule has 36 heavy (non-hydrogen) atoms. The Balaban J connectivity index is 1.45. The van der Waals surface area contributed by atoms with Gasteiger partial charge in [-0.25, -0.2) is 13.2 Å². The zero-order chi connectivity index (χ0) is 26.3. The van der Waals surface area contributed by atoms with Crippen LogP contribution in [0.4, 0.5) is 5.69 Å². The molecule has 2 aromatic rings. The number of carbonyl (C=O) groups excluding carboxylic acids is 2. The minimum Gasteiger partial charge on any atom is -0.480 e. The van der Waals surface area contributed by atoms with Crippen molar-refractivity contribution < 1.29 is 27.9 Å². The highest BCUT2D eigenvalue weighted by Gasteiger charge is 2.55. The van der Waals surface area contributed by atoms with Crippen molar-refractivity contribution in [1.29, 1.82) is 0 Å². The van der Waals surface area contributed by atoms with Crippen LogP contribution in [0.3, 0.4) is 0 Å². The lowest BCUT2D eigenvalue weighted by molar-refractivity contribution is -0.140. The standard InChI is InChI=1S/C23H20BrCl2N3O6S/c24-18-19(23(20(18)30)5-7-36(34,35)8-6-23)29-16(22(32)33)9-12-1-3-13(4-2-12)28-21(31)17-14(25)10-27-11-15(17)26/h1-4,10-11,16,29H,5-9H2,(H,28,31)(H,32,33)/t16-/m0/s1. The van der Waals surface area contributed by atoms with Crippen molar-refractivity contribution in [3.05, 3.63) is 68.0 Å². The molecule has 13 heteroatoms. The number of anilines is 1. The zero-order valence-electron chi connectivity index (χ0n) is 18.6. The second-order valence-electron chi connectivity index (χ2n) is 8.62. The van der Waals surface area contributed by atoms with Crippen molar-refractivity contribution in [3.63, 3.8) is 0 Å². The van der Waals surface area contributed by atoms with Crippen LogP contribution in [0.2, 0.25) is 10.0 Å². The third-order valence-electron chi connectivity index (χ3n) is 6.36. The topological polar surface area (TPSA) is 143 Å². The minimum atomic E-state index is -3.21. The molecule has 1 aliphatic heterocycles. The number of ketones is 1. The number of benzene rings is 1. The number of rotatable bonds is 7. The van der Waals surface area contributed by atoms with Crippen molar-refractivity contribution >= 4 is 72.3 Å². The number of aromatic nitrogens is 1. The molecule has 4 rings (SSSR count). The van der Waals surface area contributed by atoms with Gasteiger partial charge in [-0.15, -0.1) is 0 Å². The molecule has 0 unspecified atom stereocenters. The number of pyridine rings is 1. The predicted octanol–water partition coefficient (Wildman–Crippen LogP) is 3.61. The number of carboxylic acid groups (broad SMARTS) is 1. The Hall–Kier alpha value is -2.47. The molecular weight excluding hydrogens is 597 g/mol. The van der Waals surface area contributed by atoms with E-state index in [4.69, 9.17) is 23.2 Å². The number of nitrogens with zero attached hydrogens (tertiary/aromatic N) is 1. The fourth-order valence-corrected chi connectivity index (χ4v) is 7.24. The second kappa shape index (κ2) is 10.1. The smallest absolute Gasteiger partial charge is 0.326 e. The van der Waals surface area contributed by atoms with E-state index in [-0.39, 0.29) is 56.6 Å². The summed E-state index contributed by atoms with van der Waals surface area (Å²) < 4.78 is 24.0. The Bertz CT molecular complexity index is 1360. The number of sulfone groups is 1. The monoisotopic (exact) mass is 615 g/mol. The molecule has 1 saturated heterocycles. The third kappa shape index (κ3) is 5.15. The summed E-state index contributed by atoms with van der Waals surface area (Å²) in [5.41, 5.74) is 0.637. The first-order valence-electron chi connectivity index (χ1n) is 10.8. The van der Waals surface area contributed by atoms with Crippen molar-refractivity contribution in [2.45, 2.75) is 25.3 Å². The molecule has 0 bridgehead atoms. The maximum absolute atomic E-state index is 12.6. The van der Waals surface area contributed by atoms with E-state index in [1.54, 1.807) is 24.3 Å². The fourth-order valence-electron chi connectivity index (χ4n) is 4.31. The molecule has 1 aliphatic carbocycles. The van der Waals surface area contributed by atoms with Gasteiger partial charge in [0.05, 0.1) is 37.0 Å². The van der Waals surface area contributed by atoms with Gasteiger partial charge in [0, 0.05) is 30.2 Å². The number of allylic oxidation sites excluding steroid dienone is 2. The number of hydrogen-bond donors (Lipinski definition) is 3. The molecular formula is C23H20BrCl2N3O6S. The van der Waals surface area contributed by atoms with Crippen LogP contribution in [0.15, 0.2) is 46.8 Å². The van der Waals surface area contributed by atoms with Crippen LogP contribution < -0.4 is 10.6 Å². The van der Waals surface area contributed by atoms with E-state index in [0.29, 0.717) is 16.9 Å². The zero-order valence-corrected chi connectivity index (χ0v) is 22.5. The lowest BCUT2D eigenvalue weighted by atomic mass is 9.67. The first-order valence-corrected chi connectivity index (χ1v) is 14.1. The first kappa shape index (κ1) is 26.6. The van der Waals surface area contributed by atoms with Gasteiger partial charge in [-0.05, 0) is 46.5 Å². The largest absolute Gasteiger partial charge is 0.480 e. The molecule has 1 atom stereocenters. The Morgan fingerprint density at radius 3 is 2.25 bits per heavy atom. The van der Waals surface area contributed by atoms with Gasteiger partial charge in [-0.2, -0.15) is 0 Å². The quantitative estimate of drug-likeness (QED) is 0.428. The van der Waals surface area contributed by atoms with E-state index in [2.05, 4.69) is 31.5 Å². The molecule has 190 valence electrons. The Morgan fingerprint density at radius 2 is 1.69 bits per heavy atom. The molecule has 1 fully saturated rings. The predicted molar refractivity (Wildman–Crippen MR) is 138 cm³/mol. The number of carboxylic acids is 1. The molecule has 9 nitrogen and oxygen atoms in total. The second-order valence-corrected chi connectivity index (χ2v) is 12.5. The summed E-state index contributed by atoms with van der Waals surface area (Å²) in [6.45, 7) is 0. The van der Waals surface area contributed by atoms with Gasteiger partial charge < -0.3 is 15.7 Å². The van der Waals surface area contributed by atoms with Crippen LogP contribution in [0.25, 0.3) is 0 Å². The average Bonchev–Trinajstić information content (AvgIpc) is 2.82. The maximum Gasteiger partial charge on any atom is 0.326 e. The third-order valence-corrected chi connectivity index (χ3v) is 9.34. The highest BCUT2D eigenvalue weighted by atomic mass is 79.9. The van der Waals surface area contributed by atoms with Crippen LogP contribution in [0.1, 0.15) is 28.8 Å². The Kier molecular flexibility index (Phi) is 7.47. The van der Waals surface area contributed by atoms with Gasteiger partial charge in [0.15, 0.2) is 5.78 Å². The summed E-state index contributed by atoms with van der Waals surface area (Å²) >= 11 is 15.3. The van der Waals surface area contributed by atoms with Crippen LogP contribution >= 0.6 is 39.1 Å². The summed E-state index contributed by atoms with van der Waals surface area (Å²) in [5, 5.41) is 15.7. The van der Waals surface area contributed by atoms with Gasteiger partial charge in [0.1, 0.15) is 15.9 Å². The van der Waals surface area contributed by atoms with Crippen LogP contribution in [0.5, 0.6) is 0 Å². The summed E-state index contributed by atoms with van der Waals surface area (Å²) in [6.07, 6.45) is 2.95. The van der Waals surface area contributed by atoms with E-state index in [1.807, 2.05) is 0 Å². The van der Waals surface area contributed by atoms with E-state index in [1.165, 1.54) is 12.4 Å². The van der Waals surface area contributed by atoms with Gasteiger partial charge in [-0.3, -0.25) is 14.6 Å². The van der Waals surface area contributed by atoms with Gasteiger partial charge in [0.25, 0.3) is 5.91 Å². The van der Waals surface area contributed by atoms with Gasteiger partial charge in [-0.1, -0.05) is 35.3 Å². The maximum atomic E-state index is 12.6. The minimum absolute atomic E-state index is 0.0813. The highest BCUT2D eigenvalue weighted by Crippen LogP contribution is 2.51. The lowest BCUT2D eigenvalue weighted by Gasteiger charge is -2.45. The molecule has 0 radical (unpaired) electrons. The number of halogens is 3. The molecule has 1 amide bonds. The summed E-state index contributed by atoms with van der Waals surface area (Å²) in [4.78, 5) is 41.0. The van der Waals surface area contributed by atoms with Crippen molar-refractivity contribution in [3.8, 4) is 0 Å². The van der Waals surface area contributed by atoms with Crippen molar-refractivity contribution in [2.75, 3.05) is 16.8 Å². The molecule has 1 aromatic carbocycles. The van der Waals surface area contributed by atoms with E-state index in [0.717, 1.165) is 0 Å². The van der Waals surface area contributed by atoms with Gasteiger partial charge in [0.2, 0.25) is 0 Å². The number of aliphatic carboxylic acids is 1. The number of amides is 1. The molecule has 1 spiro atoms. The number of hydrogen-bond acceptors (Lipinski definition) is 7. The molecule has 2 heterocycles. The molecule has 0 saturated carbocycles.